The average molecular weight is 444 g/mol. The largest absolute Gasteiger partial charge is 0.368 e. The van der Waals surface area contributed by atoms with Crippen molar-refractivity contribution in [3.8, 4) is 0 Å². The van der Waals surface area contributed by atoms with Crippen LogP contribution in [-0.2, 0) is 10.0 Å². The van der Waals surface area contributed by atoms with E-state index < -0.39 is 10.0 Å². The summed E-state index contributed by atoms with van der Waals surface area (Å²) in [4.78, 5) is 6.62. The summed E-state index contributed by atoms with van der Waals surface area (Å²) >= 11 is 3.61. The van der Waals surface area contributed by atoms with E-state index in [-0.39, 0.29) is 5.75 Å². The third kappa shape index (κ3) is 4.69. The van der Waals surface area contributed by atoms with E-state index in [1.807, 2.05) is 12.1 Å². The van der Waals surface area contributed by atoms with Crippen LogP contribution >= 0.6 is 15.9 Å². The summed E-state index contributed by atoms with van der Waals surface area (Å²) in [5.74, 6) is 0.994. The van der Waals surface area contributed by atoms with Crippen molar-refractivity contribution in [3.05, 3.63) is 28.7 Å². The number of nitrogens with zero attached hydrogens (tertiary/aromatic N) is 3. The molecule has 0 bridgehead atoms. The minimum absolute atomic E-state index is 0.271. The minimum atomic E-state index is -3.03. The Morgan fingerprint density at radius 2 is 2.15 bits per heavy atom. The van der Waals surface area contributed by atoms with Gasteiger partial charge in [0.2, 0.25) is 10.0 Å². The monoisotopic (exact) mass is 443 g/mol. The highest BCUT2D eigenvalue weighted by molar-refractivity contribution is 9.10. The molecule has 3 rings (SSSR count). The van der Waals surface area contributed by atoms with E-state index in [4.69, 9.17) is 0 Å². The van der Waals surface area contributed by atoms with Gasteiger partial charge in [0.25, 0.3) is 0 Å². The van der Waals surface area contributed by atoms with Gasteiger partial charge in [-0.3, -0.25) is 4.99 Å². The van der Waals surface area contributed by atoms with Crippen molar-refractivity contribution in [1.29, 1.82) is 0 Å². The van der Waals surface area contributed by atoms with Crippen LogP contribution < -0.4 is 15.5 Å². The fraction of sp³-hybridized carbons (Fsp3) is 0.588. The van der Waals surface area contributed by atoms with Gasteiger partial charge in [-0.05, 0) is 40.9 Å². The molecule has 0 aromatic heterocycles. The second-order valence-corrected chi connectivity index (χ2v) is 9.54. The third-order valence-electron chi connectivity index (χ3n) is 4.80. The summed E-state index contributed by atoms with van der Waals surface area (Å²) in [6.45, 7) is 3.56. The Kier molecular flexibility index (Phi) is 6.42. The zero-order valence-corrected chi connectivity index (χ0v) is 17.4. The van der Waals surface area contributed by atoms with E-state index in [2.05, 4.69) is 48.6 Å². The smallest absolute Gasteiger partial charge is 0.214 e. The van der Waals surface area contributed by atoms with Crippen LogP contribution in [0.5, 0.6) is 0 Å². The lowest BCUT2D eigenvalue weighted by molar-refractivity contribution is 0.444. The van der Waals surface area contributed by atoms with Gasteiger partial charge in [-0.1, -0.05) is 12.1 Å². The SMILES string of the molecule is CN=C(NCCN1CCCS1(=O)=O)NC1CCN(c2ccccc2Br)C1. The van der Waals surface area contributed by atoms with Gasteiger partial charge in [0.15, 0.2) is 5.96 Å². The molecule has 0 saturated carbocycles. The molecule has 1 aromatic rings. The lowest BCUT2D eigenvalue weighted by Crippen LogP contribution is -2.46. The molecule has 0 aliphatic carbocycles. The average Bonchev–Trinajstić information content (AvgIpc) is 3.21. The summed E-state index contributed by atoms with van der Waals surface area (Å²) in [7, 11) is -1.30. The molecule has 2 heterocycles. The summed E-state index contributed by atoms with van der Waals surface area (Å²) in [6.07, 6.45) is 1.75. The number of para-hydroxylation sites is 1. The molecule has 1 atom stereocenters. The lowest BCUT2D eigenvalue weighted by atomic mass is 10.3. The summed E-state index contributed by atoms with van der Waals surface area (Å²) in [6, 6.07) is 8.56. The predicted octanol–water partition coefficient (Wildman–Crippen LogP) is 1.23. The zero-order valence-electron chi connectivity index (χ0n) is 15.0. The number of sulfonamides is 1. The van der Waals surface area contributed by atoms with Gasteiger partial charge in [0.1, 0.15) is 0 Å². The third-order valence-corrected chi connectivity index (χ3v) is 7.43. The maximum absolute atomic E-state index is 11.8. The Bertz CT molecular complexity index is 755. The highest BCUT2D eigenvalue weighted by Crippen LogP contribution is 2.28. The standard InChI is InChI=1S/C17H26BrN5O2S/c1-19-17(20-8-11-23-9-4-12-26(23,24)25)21-14-7-10-22(13-14)16-6-3-2-5-15(16)18/h2-3,5-6,14H,4,7-13H2,1H3,(H2,19,20,21). The molecule has 1 aromatic carbocycles. The molecular formula is C17H26BrN5O2S. The van der Waals surface area contributed by atoms with Gasteiger partial charge < -0.3 is 15.5 Å². The number of hydrogen-bond donors (Lipinski definition) is 2. The summed E-state index contributed by atoms with van der Waals surface area (Å²) < 4.78 is 26.3. The normalized spacial score (nSPS) is 23.4. The van der Waals surface area contributed by atoms with Crippen LogP contribution in [0.25, 0.3) is 0 Å². The molecule has 2 aliphatic rings. The molecule has 2 aliphatic heterocycles. The molecule has 0 spiro atoms. The van der Waals surface area contributed by atoms with Crippen molar-refractivity contribution in [1.82, 2.24) is 14.9 Å². The van der Waals surface area contributed by atoms with Crippen LogP contribution in [0.1, 0.15) is 12.8 Å². The molecule has 0 radical (unpaired) electrons. The van der Waals surface area contributed by atoms with Crippen LogP contribution in [0.4, 0.5) is 5.69 Å². The first-order valence-corrected chi connectivity index (χ1v) is 11.3. The van der Waals surface area contributed by atoms with Crippen LogP contribution in [-0.4, -0.2) is 70.2 Å². The van der Waals surface area contributed by atoms with Crippen LogP contribution in [0, 0.1) is 0 Å². The maximum atomic E-state index is 11.8. The van der Waals surface area contributed by atoms with Crippen molar-refractivity contribution >= 4 is 37.6 Å². The van der Waals surface area contributed by atoms with Gasteiger partial charge in [0, 0.05) is 50.3 Å². The predicted molar refractivity (Wildman–Crippen MR) is 109 cm³/mol. The molecule has 26 heavy (non-hydrogen) atoms. The molecule has 1 unspecified atom stereocenters. The lowest BCUT2D eigenvalue weighted by Gasteiger charge is -2.22. The molecule has 9 heteroatoms. The first kappa shape index (κ1) is 19.4. The summed E-state index contributed by atoms with van der Waals surface area (Å²) in [5.41, 5.74) is 1.21. The zero-order chi connectivity index (χ0) is 18.6. The van der Waals surface area contributed by atoms with Crippen LogP contribution in [0.3, 0.4) is 0 Å². The first-order valence-electron chi connectivity index (χ1n) is 8.94. The Morgan fingerprint density at radius 3 is 2.85 bits per heavy atom. The number of halogens is 1. The number of anilines is 1. The molecule has 2 fully saturated rings. The minimum Gasteiger partial charge on any atom is -0.368 e. The molecule has 7 nitrogen and oxygen atoms in total. The first-order chi connectivity index (χ1) is 12.5. The van der Waals surface area contributed by atoms with E-state index in [0.29, 0.717) is 25.7 Å². The van der Waals surface area contributed by atoms with Crippen molar-refractivity contribution < 1.29 is 8.42 Å². The van der Waals surface area contributed by atoms with Crippen molar-refractivity contribution in [3.63, 3.8) is 0 Å². The number of guanidine groups is 1. The topological polar surface area (TPSA) is 77.0 Å². The van der Waals surface area contributed by atoms with E-state index in [9.17, 15) is 8.42 Å². The molecule has 0 amide bonds. The fourth-order valence-electron chi connectivity index (χ4n) is 3.43. The number of aliphatic imine (C=N–C) groups is 1. The Balaban J connectivity index is 1.46. The molecule has 2 N–H and O–H groups in total. The Hall–Kier alpha value is -1.32. The summed E-state index contributed by atoms with van der Waals surface area (Å²) in [5, 5.41) is 6.68. The van der Waals surface area contributed by atoms with E-state index in [1.54, 1.807) is 11.4 Å². The van der Waals surface area contributed by atoms with Crippen molar-refractivity contribution in [2.75, 3.05) is 50.4 Å². The van der Waals surface area contributed by atoms with Crippen LogP contribution in [0.15, 0.2) is 33.7 Å². The number of hydrogen-bond acceptors (Lipinski definition) is 4. The number of benzene rings is 1. The molecular weight excluding hydrogens is 418 g/mol. The highest BCUT2D eigenvalue weighted by Gasteiger charge is 2.28. The molecule has 144 valence electrons. The Morgan fingerprint density at radius 1 is 1.35 bits per heavy atom. The Labute approximate surface area is 164 Å². The quantitative estimate of drug-likeness (QED) is 0.528. The van der Waals surface area contributed by atoms with Gasteiger partial charge in [-0.15, -0.1) is 0 Å². The molecule has 2 saturated heterocycles. The van der Waals surface area contributed by atoms with E-state index >= 15 is 0 Å². The van der Waals surface area contributed by atoms with Gasteiger partial charge in [-0.25, -0.2) is 12.7 Å². The van der Waals surface area contributed by atoms with Crippen molar-refractivity contribution in [2.24, 2.45) is 4.99 Å². The maximum Gasteiger partial charge on any atom is 0.214 e. The second kappa shape index (κ2) is 8.58. The van der Waals surface area contributed by atoms with E-state index in [0.717, 1.165) is 36.4 Å². The van der Waals surface area contributed by atoms with Crippen molar-refractivity contribution in [2.45, 2.75) is 18.9 Å². The second-order valence-electron chi connectivity index (χ2n) is 6.59. The van der Waals surface area contributed by atoms with E-state index in [1.165, 1.54) is 5.69 Å². The van der Waals surface area contributed by atoms with Gasteiger partial charge in [-0.2, -0.15) is 0 Å². The number of nitrogens with one attached hydrogen (secondary N) is 2. The fourth-order valence-corrected chi connectivity index (χ4v) is 5.50. The van der Waals surface area contributed by atoms with Gasteiger partial charge >= 0.3 is 0 Å². The number of rotatable bonds is 5. The van der Waals surface area contributed by atoms with Gasteiger partial charge in [0.05, 0.1) is 11.4 Å². The highest BCUT2D eigenvalue weighted by atomic mass is 79.9. The van der Waals surface area contributed by atoms with Crippen LogP contribution in [0.2, 0.25) is 0 Å².